The number of nitrogens with one attached hydrogen (secondary N) is 1. The molecule has 0 saturated heterocycles. The van der Waals surface area contributed by atoms with E-state index in [-0.39, 0.29) is 5.91 Å². The van der Waals surface area contributed by atoms with Gasteiger partial charge in [-0.1, -0.05) is 42.5 Å². The van der Waals surface area contributed by atoms with Crippen molar-refractivity contribution in [3.63, 3.8) is 0 Å². The Kier molecular flexibility index (Phi) is 5.34. The zero-order valence-electron chi connectivity index (χ0n) is 15.4. The molecule has 0 atom stereocenters. The fourth-order valence-corrected chi connectivity index (χ4v) is 3.60. The SMILES string of the molecule is Cc1nnc2ccc(-c3ccc(NC(=O)CSCc4ccccc4)cc3)nn12. The van der Waals surface area contributed by atoms with Gasteiger partial charge in [-0.15, -0.1) is 22.0 Å². The number of anilines is 1. The largest absolute Gasteiger partial charge is 0.325 e. The highest BCUT2D eigenvalue weighted by Crippen LogP contribution is 2.20. The first-order chi connectivity index (χ1) is 13.7. The van der Waals surface area contributed by atoms with E-state index in [1.54, 1.807) is 16.3 Å². The number of nitrogens with zero attached hydrogens (tertiary/aromatic N) is 4. The van der Waals surface area contributed by atoms with Crippen LogP contribution in [0.5, 0.6) is 0 Å². The highest BCUT2D eigenvalue weighted by molar-refractivity contribution is 7.99. The van der Waals surface area contributed by atoms with Gasteiger partial charge in [0, 0.05) is 17.0 Å². The number of aryl methyl sites for hydroxylation is 1. The molecule has 0 fully saturated rings. The number of rotatable bonds is 6. The Hall–Kier alpha value is -3.19. The summed E-state index contributed by atoms with van der Waals surface area (Å²) in [5.74, 6) is 1.98. The molecule has 2 heterocycles. The lowest BCUT2D eigenvalue weighted by molar-refractivity contribution is -0.113. The third-order valence-electron chi connectivity index (χ3n) is 4.23. The molecular weight excluding hydrogens is 370 g/mol. The fraction of sp³-hybridized carbons (Fsp3) is 0.143. The predicted octanol–water partition coefficient (Wildman–Crippen LogP) is 3.97. The maximum atomic E-state index is 12.2. The van der Waals surface area contributed by atoms with Crippen LogP contribution < -0.4 is 5.32 Å². The number of aromatic nitrogens is 4. The Bertz CT molecular complexity index is 1090. The van der Waals surface area contributed by atoms with E-state index in [1.165, 1.54) is 5.56 Å². The van der Waals surface area contributed by atoms with Gasteiger partial charge in [-0.2, -0.15) is 9.61 Å². The molecule has 6 nitrogen and oxygen atoms in total. The number of fused-ring (bicyclic) bond motifs is 1. The average Bonchev–Trinajstić information content (AvgIpc) is 3.10. The second kappa shape index (κ2) is 8.22. The maximum Gasteiger partial charge on any atom is 0.234 e. The van der Waals surface area contributed by atoms with Crippen molar-refractivity contribution in [2.75, 3.05) is 11.1 Å². The molecule has 28 heavy (non-hydrogen) atoms. The summed E-state index contributed by atoms with van der Waals surface area (Å²) >= 11 is 1.60. The highest BCUT2D eigenvalue weighted by Gasteiger charge is 2.07. The quantitative estimate of drug-likeness (QED) is 0.540. The van der Waals surface area contributed by atoms with Crippen LogP contribution in [-0.2, 0) is 10.5 Å². The van der Waals surface area contributed by atoms with Crippen molar-refractivity contribution < 1.29 is 4.79 Å². The van der Waals surface area contributed by atoms with Gasteiger partial charge in [0.15, 0.2) is 11.5 Å². The first-order valence-corrected chi connectivity index (χ1v) is 10.1. The Morgan fingerprint density at radius 2 is 1.79 bits per heavy atom. The van der Waals surface area contributed by atoms with Crippen molar-refractivity contribution in [1.29, 1.82) is 0 Å². The molecule has 0 aliphatic rings. The Morgan fingerprint density at radius 3 is 2.57 bits per heavy atom. The van der Waals surface area contributed by atoms with E-state index in [0.29, 0.717) is 5.75 Å². The van der Waals surface area contributed by atoms with E-state index in [2.05, 4.69) is 32.7 Å². The normalized spacial score (nSPS) is 10.9. The molecule has 4 aromatic rings. The van der Waals surface area contributed by atoms with Gasteiger partial charge in [-0.25, -0.2) is 0 Å². The number of hydrogen-bond donors (Lipinski definition) is 1. The van der Waals surface area contributed by atoms with Crippen LogP contribution >= 0.6 is 11.8 Å². The Balaban J connectivity index is 1.36. The van der Waals surface area contributed by atoms with Crippen LogP contribution in [-0.4, -0.2) is 31.5 Å². The van der Waals surface area contributed by atoms with Gasteiger partial charge in [0.2, 0.25) is 5.91 Å². The molecule has 0 aliphatic carbocycles. The topological polar surface area (TPSA) is 72.2 Å². The van der Waals surface area contributed by atoms with Crippen molar-refractivity contribution >= 4 is 29.0 Å². The number of carbonyl (C=O) groups excluding carboxylic acids is 1. The van der Waals surface area contributed by atoms with Crippen LogP contribution in [0.4, 0.5) is 5.69 Å². The minimum atomic E-state index is -0.00617. The zero-order valence-corrected chi connectivity index (χ0v) is 16.2. The van der Waals surface area contributed by atoms with Crippen molar-refractivity contribution in [2.24, 2.45) is 0 Å². The Morgan fingerprint density at radius 1 is 1.00 bits per heavy atom. The van der Waals surface area contributed by atoms with Crippen LogP contribution in [0.15, 0.2) is 66.7 Å². The first-order valence-electron chi connectivity index (χ1n) is 8.90. The fourth-order valence-electron chi connectivity index (χ4n) is 2.81. The minimum absolute atomic E-state index is 0.00617. The van der Waals surface area contributed by atoms with Gasteiger partial charge in [0.1, 0.15) is 0 Å². The zero-order chi connectivity index (χ0) is 19.3. The molecule has 1 amide bonds. The van der Waals surface area contributed by atoms with Crippen LogP contribution in [0.3, 0.4) is 0 Å². The smallest absolute Gasteiger partial charge is 0.234 e. The second-order valence-electron chi connectivity index (χ2n) is 6.34. The second-order valence-corrected chi connectivity index (χ2v) is 7.33. The van der Waals surface area contributed by atoms with E-state index in [0.717, 1.165) is 34.2 Å². The lowest BCUT2D eigenvalue weighted by Gasteiger charge is -2.07. The number of hydrogen-bond acceptors (Lipinski definition) is 5. The Labute approximate surface area is 167 Å². The lowest BCUT2D eigenvalue weighted by Crippen LogP contribution is -2.14. The summed E-state index contributed by atoms with van der Waals surface area (Å²) in [6.07, 6.45) is 0. The van der Waals surface area contributed by atoms with Crippen molar-refractivity contribution in [3.8, 4) is 11.3 Å². The summed E-state index contributed by atoms with van der Waals surface area (Å²) in [7, 11) is 0. The molecule has 2 aromatic heterocycles. The highest BCUT2D eigenvalue weighted by atomic mass is 32.2. The van der Waals surface area contributed by atoms with Gasteiger partial charge in [0.05, 0.1) is 11.4 Å². The standard InChI is InChI=1S/C21H19N5OS/c1-15-23-24-20-12-11-19(25-26(15)20)17-7-9-18(10-8-17)22-21(27)14-28-13-16-5-3-2-4-6-16/h2-12H,13-14H2,1H3,(H,22,27). The van der Waals surface area contributed by atoms with Crippen molar-refractivity contribution in [1.82, 2.24) is 19.8 Å². The molecule has 0 bridgehead atoms. The molecule has 4 rings (SSSR count). The molecule has 0 spiro atoms. The lowest BCUT2D eigenvalue weighted by atomic mass is 10.1. The van der Waals surface area contributed by atoms with Crippen molar-refractivity contribution in [2.45, 2.75) is 12.7 Å². The molecule has 0 unspecified atom stereocenters. The molecule has 0 radical (unpaired) electrons. The van der Waals surface area contributed by atoms with E-state index >= 15 is 0 Å². The van der Waals surface area contributed by atoms with Crippen molar-refractivity contribution in [3.05, 3.63) is 78.1 Å². The summed E-state index contributed by atoms with van der Waals surface area (Å²) in [4.78, 5) is 12.2. The summed E-state index contributed by atoms with van der Waals surface area (Å²) in [5, 5.41) is 15.6. The van der Waals surface area contributed by atoms with Crippen LogP contribution in [0.1, 0.15) is 11.4 Å². The third kappa shape index (κ3) is 4.20. The summed E-state index contributed by atoms with van der Waals surface area (Å²) < 4.78 is 1.72. The summed E-state index contributed by atoms with van der Waals surface area (Å²) in [5.41, 5.74) is 4.50. The van der Waals surface area contributed by atoms with E-state index in [1.807, 2.05) is 61.5 Å². The van der Waals surface area contributed by atoms with Crippen LogP contribution in [0, 0.1) is 6.92 Å². The molecule has 1 N–H and O–H groups in total. The molecule has 140 valence electrons. The van der Waals surface area contributed by atoms with Gasteiger partial charge in [-0.3, -0.25) is 4.79 Å². The predicted molar refractivity (Wildman–Crippen MR) is 112 cm³/mol. The molecule has 2 aromatic carbocycles. The average molecular weight is 389 g/mol. The van der Waals surface area contributed by atoms with Crippen LogP contribution in [0.25, 0.3) is 16.9 Å². The number of carbonyl (C=O) groups is 1. The first kappa shape index (κ1) is 18.2. The summed E-state index contributed by atoms with van der Waals surface area (Å²) in [6, 6.07) is 21.6. The van der Waals surface area contributed by atoms with Gasteiger partial charge >= 0.3 is 0 Å². The molecule has 0 saturated carbocycles. The number of benzene rings is 2. The molecule has 7 heteroatoms. The van der Waals surface area contributed by atoms with E-state index in [4.69, 9.17) is 0 Å². The van der Waals surface area contributed by atoms with E-state index < -0.39 is 0 Å². The monoisotopic (exact) mass is 389 g/mol. The van der Waals surface area contributed by atoms with Gasteiger partial charge in [-0.05, 0) is 36.8 Å². The summed E-state index contributed by atoms with van der Waals surface area (Å²) in [6.45, 7) is 1.87. The maximum absolute atomic E-state index is 12.2. The van der Waals surface area contributed by atoms with E-state index in [9.17, 15) is 4.79 Å². The van der Waals surface area contributed by atoms with Crippen LogP contribution in [0.2, 0.25) is 0 Å². The van der Waals surface area contributed by atoms with Gasteiger partial charge in [0.25, 0.3) is 0 Å². The number of amides is 1. The molecular formula is C21H19N5OS. The third-order valence-corrected chi connectivity index (χ3v) is 5.23. The molecule has 0 aliphatic heterocycles. The minimum Gasteiger partial charge on any atom is -0.325 e. The number of thioether (sulfide) groups is 1. The van der Waals surface area contributed by atoms with Gasteiger partial charge < -0.3 is 5.32 Å².